The molecule has 0 amide bonds. The molecule has 0 aromatic heterocycles. The standard InChI is InChI=1S/C28H26/c1-28(2,3)27-18-16-24(17-19-27)26-11-7-10-25(20-26)23-14-12-22(13-15-23)21-8-5-4-6-9-21/h4-20H,1-3H3. The Kier molecular flexibility index (Phi) is 4.88. The minimum atomic E-state index is 0.181. The van der Waals surface area contributed by atoms with Crippen LogP contribution in [-0.4, -0.2) is 0 Å². The smallest absolute Gasteiger partial charge is 0.0132 e. The van der Waals surface area contributed by atoms with Crippen molar-refractivity contribution in [1.29, 1.82) is 0 Å². The predicted octanol–water partition coefficient (Wildman–Crippen LogP) is 7.99. The Morgan fingerprint density at radius 3 is 1.29 bits per heavy atom. The van der Waals surface area contributed by atoms with E-state index in [1.165, 1.54) is 38.9 Å². The number of rotatable bonds is 3. The summed E-state index contributed by atoms with van der Waals surface area (Å²) in [6, 6.07) is 37.1. The molecule has 0 atom stereocenters. The number of hydrogen-bond acceptors (Lipinski definition) is 0. The van der Waals surface area contributed by atoms with Crippen LogP contribution in [0.3, 0.4) is 0 Å². The van der Waals surface area contributed by atoms with Crippen molar-refractivity contribution in [1.82, 2.24) is 0 Å². The molecular formula is C28H26. The molecule has 0 bridgehead atoms. The Morgan fingerprint density at radius 2 is 0.786 bits per heavy atom. The maximum absolute atomic E-state index is 2.28. The molecule has 28 heavy (non-hydrogen) atoms. The van der Waals surface area contributed by atoms with Gasteiger partial charge in [0.05, 0.1) is 0 Å². The van der Waals surface area contributed by atoms with Crippen molar-refractivity contribution in [3.05, 3.63) is 109 Å². The van der Waals surface area contributed by atoms with Gasteiger partial charge < -0.3 is 0 Å². The Balaban J connectivity index is 1.62. The van der Waals surface area contributed by atoms with Crippen molar-refractivity contribution in [2.75, 3.05) is 0 Å². The van der Waals surface area contributed by atoms with Gasteiger partial charge in [-0.1, -0.05) is 118 Å². The van der Waals surface area contributed by atoms with Gasteiger partial charge in [0.25, 0.3) is 0 Å². The monoisotopic (exact) mass is 362 g/mol. The van der Waals surface area contributed by atoms with E-state index >= 15 is 0 Å². The van der Waals surface area contributed by atoms with Crippen LogP contribution in [0.25, 0.3) is 33.4 Å². The average Bonchev–Trinajstić information content (AvgIpc) is 2.74. The summed E-state index contributed by atoms with van der Waals surface area (Å²) in [7, 11) is 0. The molecule has 0 heterocycles. The van der Waals surface area contributed by atoms with Crippen LogP contribution < -0.4 is 0 Å². The largest absolute Gasteiger partial charge is 0.0622 e. The zero-order chi connectivity index (χ0) is 19.6. The molecule has 0 heteroatoms. The van der Waals surface area contributed by atoms with Gasteiger partial charge in [-0.15, -0.1) is 0 Å². The molecule has 0 unspecified atom stereocenters. The van der Waals surface area contributed by atoms with E-state index in [-0.39, 0.29) is 5.41 Å². The average molecular weight is 363 g/mol. The first-order valence-corrected chi connectivity index (χ1v) is 9.87. The van der Waals surface area contributed by atoms with E-state index in [1.54, 1.807) is 0 Å². The van der Waals surface area contributed by atoms with E-state index in [1.807, 2.05) is 0 Å². The third-order valence-electron chi connectivity index (χ3n) is 5.27. The highest BCUT2D eigenvalue weighted by Crippen LogP contribution is 2.30. The predicted molar refractivity (Wildman–Crippen MR) is 121 cm³/mol. The first kappa shape index (κ1) is 18.3. The summed E-state index contributed by atoms with van der Waals surface area (Å²) in [4.78, 5) is 0. The Labute approximate surface area is 168 Å². The molecule has 138 valence electrons. The van der Waals surface area contributed by atoms with Crippen molar-refractivity contribution in [2.45, 2.75) is 26.2 Å². The van der Waals surface area contributed by atoms with E-state index in [9.17, 15) is 0 Å². The normalized spacial score (nSPS) is 11.4. The fraction of sp³-hybridized carbons (Fsp3) is 0.143. The number of benzene rings is 4. The van der Waals surface area contributed by atoms with Crippen molar-refractivity contribution in [2.24, 2.45) is 0 Å². The van der Waals surface area contributed by atoms with E-state index in [4.69, 9.17) is 0 Å². The highest BCUT2D eigenvalue weighted by molar-refractivity contribution is 5.75. The van der Waals surface area contributed by atoms with Gasteiger partial charge in [-0.05, 0) is 50.4 Å². The molecule has 0 fully saturated rings. The van der Waals surface area contributed by atoms with Crippen LogP contribution in [-0.2, 0) is 5.41 Å². The minimum absolute atomic E-state index is 0.181. The van der Waals surface area contributed by atoms with Crippen LogP contribution in [0.4, 0.5) is 0 Å². The molecule has 0 saturated carbocycles. The molecule has 0 saturated heterocycles. The van der Waals surface area contributed by atoms with Gasteiger partial charge in [0.15, 0.2) is 0 Å². The molecule has 0 aliphatic rings. The second-order valence-corrected chi connectivity index (χ2v) is 8.35. The molecule has 0 radical (unpaired) electrons. The van der Waals surface area contributed by atoms with Crippen molar-refractivity contribution < 1.29 is 0 Å². The quantitative estimate of drug-likeness (QED) is 0.346. The van der Waals surface area contributed by atoms with Crippen LogP contribution in [0, 0.1) is 0 Å². The van der Waals surface area contributed by atoms with Crippen molar-refractivity contribution >= 4 is 0 Å². The third-order valence-corrected chi connectivity index (χ3v) is 5.27. The highest BCUT2D eigenvalue weighted by atomic mass is 14.2. The van der Waals surface area contributed by atoms with E-state index < -0.39 is 0 Å². The topological polar surface area (TPSA) is 0 Å². The Morgan fingerprint density at radius 1 is 0.393 bits per heavy atom. The molecule has 0 aliphatic carbocycles. The Bertz CT molecular complexity index is 1050. The molecule has 0 spiro atoms. The van der Waals surface area contributed by atoms with Gasteiger partial charge in [-0.3, -0.25) is 0 Å². The molecule has 4 aromatic rings. The lowest BCUT2D eigenvalue weighted by Crippen LogP contribution is -2.10. The van der Waals surface area contributed by atoms with Gasteiger partial charge >= 0.3 is 0 Å². The first-order valence-electron chi connectivity index (χ1n) is 9.87. The summed E-state index contributed by atoms with van der Waals surface area (Å²) in [5.74, 6) is 0. The molecular weight excluding hydrogens is 336 g/mol. The fourth-order valence-electron chi connectivity index (χ4n) is 3.53. The summed E-state index contributed by atoms with van der Waals surface area (Å²) in [5.41, 5.74) is 9.05. The fourth-order valence-corrected chi connectivity index (χ4v) is 3.53. The summed E-state index contributed by atoms with van der Waals surface area (Å²) in [6.07, 6.45) is 0. The summed E-state index contributed by atoms with van der Waals surface area (Å²) in [6.45, 7) is 6.76. The lowest BCUT2D eigenvalue weighted by molar-refractivity contribution is 0.590. The lowest BCUT2D eigenvalue weighted by Gasteiger charge is -2.19. The SMILES string of the molecule is CC(C)(C)c1ccc(-c2cccc(-c3ccc(-c4ccccc4)cc3)c2)cc1. The van der Waals surface area contributed by atoms with Gasteiger partial charge in [0.1, 0.15) is 0 Å². The Hall–Kier alpha value is -3.12. The first-order chi connectivity index (χ1) is 13.5. The molecule has 0 nitrogen and oxygen atoms in total. The second kappa shape index (κ2) is 7.48. The van der Waals surface area contributed by atoms with Crippen LogP contribution in [0.1, 0.15) is 26.3 Å². The zero-order valence-electron chi connectivity index (χ0n) is 16.8. The summed E-state index contributed by atoms with van der Waals surface area (Å²) in [5, 5.41) is 0. The molecule has 0 aliphatic heterocycles. The van der Waals surface area contributed by atoms with Crippen LogP contribution in [0.5, 0.6) is 0 Å². The summed E-state index contributed by atoms with van der Waals surface area (Å²) >= 11 is 0. The number of hydrogen-bond donors (Lipinski definition) is 0. The summed E-state index contributed by atoms with van der Waals surface area (Å²) < 4.78 is 0. The minimum Gasteiger partial charge on any atom is -0.0622 e. The highest BCUT2D eigenvalue weighted by Gasteiger charge is 2.13. The lowest BCUT2D eigenvalue weighted by atomic mass is 9.86. The molecule has 4 rings (SSSR count). The second-order valence-electron chi connectivity index (χ2n) is 8.35. The van der Waals surface area contributed by atoms with Crippen LogP contribution in [0.15, 0.2) is 103 Å². The molecule has 4 aromatic carbocycles. The van der Waals surface area contributed by atoms with E-state index in [0.717, 1.165) is 0 Å². The van der Waals surface area contributed by atoms with Gasteiger partial charge in [-0.2, -0.15) is 0 Å². The van der Waals surface area contributed by atoms with Gasteiger partial charge in [0, 0.05) is 0 Å². The van der Waals surface area contributed by atoms with Crippen LogP contribution in [0.2, 0.25) is 0 Å². The zero-order valence-corrected chi connectivity index (χ0v) is 16.8. The van der Waals surface area contributed by atoms with Crippen molar-refractivity contribution in [3.63, 3.8) is 0 Å². The van der Waals surface area contributed by atoms with Crippen LogP contribution >= 0.6 is 0 Å². The van der Waals surface area contributed by atoms with E-state index in [2.05, 4.69) is 124 Å². The van der Waals surface area contributed by atoms with Gasteiger partial charge in [-0.25, -0.2) is 0 Å². The van der Waals surface area contributed by atoms with Crippen molar-refractivity contribution in [3.8, 4) is 33.4 Å². The third kappa shape index (κ3) is 3.92. The van der Waals surface area contributed by atoms with E-state index in [0.29, 0.717) is 0 Å². The maximum Gasteiger partial charge on any atom is -0.0132 e. The molecule has 0 N–H and O–H groups in total. The van der Waals surface area contributed by atoms with Gasteiger partial charge in [0.2, 0.25) is 0 Å². The maximum atomic E-state index is 2.28.